The molecule has 0 unspecified atom stereocenters. The Morgan fingerprint density at radius 1 is 0.952 bits per heavy atom. The smallest absolute Gasteiger partial charge is 0.223 e. The highest BCUT2D eigenvalue weighted by Gasteiger charge is 1.96. The molecular formula is C17H34N2O2. The van der Waals surface area contributed by atoms with Crippen LogP contribution in [0.2, 0.25) is 0 Å². The Morgan fingerprint density at radius 3 is 2.38 bits per heavy atom. The fraction of sp³-hybridized carbons (Fsp3) is 0.824. The summed E-state index contributed by atoms with van der Waals surface area (Å²) in [6.45, 7) is 5.02. The second-order valence-corrected chi connectivity index (χ2v) is 5.41. The number of aliphatic hydroxyl groups is 1. The number of allylic oxidation sites excluding steroid dienone is 1. The highest BCUT2D eigenvalue weighted by molar-refractivity contribution is 5.77. The second kappa shape index (κ2) is 17.2. The predicted octanol–water partition coefficient (Wildman–Crippen LogP) is 2.77. The minimum Gasteiger partial charge on any atom is -0.396 e. The maximum absolute atomic E-state index is 11.5. The molecule has 0 spiro atoms. The summed E-state index contributed by atoms with van der Waals surface area (Å²) < 4.78 is 0. The second-order valence-electron chi connectivity index (χ2n) is 5.41. The molecule has 4 nitrogen and oxygen atoms in total. The highest BCUT2D eigenvalue weighted by Crippen LogP contribution is 2.04. The Balaban J connectivity index is 3.16. The van der Waals surface area contributed by atoms with Crippen LogP contribution in [0.15, 0.2) is 12.2 Å². The topological polar surface area (TPSA) is 61.4 Å². The summed E-state index contributed by atoms with van der Waals surface area (Å²) in [5.41, 5.74) is 0. The molecule has 0 aliphatic rings. The molecule has 3 N–H and O–H groups in total. The standard InChI is InChI=1S/C17H34N2O2/c1-2-3-4-9-12-17(21)19-15-14-18-13-10-7-5-6-8-11-16-20/h4,9,18,20H,2-3,5-8,10-16H2,1H3,(H,19,21)/b9-4+. The lowest BCUT2D eigenvalue weighted by molar-refractivity contribution is -0.120. The normalized spacial score (nSPS) is 11.1. The van der Waals surface area contributed by atoms with E-state index < -0.39 is 0 Å². The van der Waals surface area contributed by atoms with Crippen LogP contribution in [0.1, 0.15) is 64.7 Å². The molecule has 0 atom stereocenters. The Kier molecular flexibility index (Phi) is 16.5. The summed E-state index contributed by atoms with van der Waals surface area (Å²) in [4.78, 5) is 11.5. The monoisotopic (exact) mass is 298 g/mol. The quantitative estimate of drug-likeness (QED) is 0.322. The van der Waals surface area contributed by atoms with Crippen LogP contribution in [0.5, 0.6) is 0 Å². The molecule has 21 heavy (non-hydrogen) atoms. The van der Waals surface area contributed by atoms with Crippen molar-refractivity contribution in [1.82, 2.24) is 10.6 Å². The Bertz CT molecular complexity index is 255. The first-order chi connectivity index (χ1) is 10.3. The molecule has 0 aromatic rings. The van der Waals surface area contributed by atoms with E-state index in [0.717, 1.165) is 38.8 Å². The number of rotatable bonds is 15. The number of carbonyl (C=O) groups is 1. The minimum absolute atomic E-state index is 0.105. The van der Waals surface area contributed by atoms with Gasteiger partial charge in [0.25, 0.3) is 0 Å². The Labute approximate surface area is 130 Å². The molecule has 0 saturated heterocycles. The van der Waals surface area contributed by atoms with Gasteiger partial charge in [-0.2, -0.15) is 0 Å². The molecule has 0 bridgehead atoms. The van der Waals surface area contributed by atoms with Crippen molar-refractivity contribution in [2.45, 2.75) is 64.7 Å². The fourth-order valence-corrected chi connectivity index (χ4v) is 2.03. The van der Waals surface area contributed by atoms with Crippen LogP contribution >= 0.6 is 0 Å². The molecule has 0 rings (SSSR count). The van der Waals surface area contributed by atoms with E-state index in [9.17, 15) is 4.79 Å². The average Bonchev–Trinajstić information content (AvgIpc) is 2.49. The van der Waals surface area contributed by atoms with E-state index >= 15 is 0 Å². The number of hydrogen-bond acceptors (Lipinski definition) is 3. The number of hydrogen-bond donors (Lipinski definition) is 3. The molecule has 0 fully saturated rings. The van der Waals surface area contributed by atoms with Crippen LogP contribution in [-0.4, -0.2) is 37.3 Å². The van der Waals surface area contributed by atoms with E-state index in [2.05, 4.69) is 23.6 Å². The van der Waals surface area contributed by atoms with Gasteiger partial charge < -0.3 is 15.7 Å². The number of amides is 1. The predicted molar refractivity (Wildman–Crippen MR) is 89.3 cm³/mol. The molecule has 4 heteroatoms. The molecule has 0 aromatic heterocycles. The summed E-state index contributed by atoms with van der Waals surface area (Å²) in [6.07, 6.45) is 13.7. The summed E-state index contributed by atoms with van der Waals surface area (Å²) in [5.74, 6) is 0.105. The lowest BCUT2D eigenvalue weighted by Gasteiger charge is -2.06. The van der Waals surface area contributed by atoms with Crippen LogP contribution in [0, 0.1) is 0 Å². The van der Waals surface area contributed by atoms with Gasteiger partial charge in [0.1, 0.15) is 0 Å². The molecular weight excluding hydrogens is 264 g/mol. The average molecular weight is 298 g/mol. The van der Waals surface area contributed by atoms with E-state index in [4.69, 9.17) is 5.11 Å². The van der Waals surface area contributed by atoms with Crippen molar-refractivity contribution in [3.63, 3.8) is 0 Å². The fourth-order valence-electron chi connectivity index (χ4n) is 2.03. The summed E-state index contributed by atoms with van der Waals surface area (Å²) >= 11 is 0. The van der Waals surface area contributed by atoms with E-state index in [-0.39, 0.29) is 5.91 Å². The molecule has 0 heterocycles. The van der Waals surface area contributed by atoms with Gasteiger partial charge in [0.15, 0.2) is 0 Å². The number of nitrogens with one attached hydrogen (secondary N) is 2. The van der Waals surface area contributed by atoms with Crippen molar-refractivity contribution in [3.05, 3.63) is 12.2 Å². The zero-order valence-corrected chi connectivity index (χ0v) is 13.7. The van der Waals surface area contributed by atoms with Gasteiger partial charge in [-0.15, -0.1) is 0 Å². The van der Waals surface area contributed by atoms with E-state index in [0.29, 0.717) is 19.6 Å². The molecule has 0 aliphatic carbocycles. The van der Waals surface area contributed by atoms with Gasteiger partial charge in [-0.3, -0.25) is 4.79 Å². The number of carbonyl (C=O) groups excluding carboxylic acids is 1. The van der Waals surface area contributed by atoms with Crippen molar-refractivity contribution in [2.24, 2.45) is 0 Å². The van der Waals surface area contributed by atoms with E-state index in [1.54, 1.807) is 0 Å². The molecule has 1 amide bonds. The van der Waals surface area contributed by atoms with Gasteiger partial charge in [0.2, 0.25) is 5.91 Å². The Hall–Kier alpha value is -0.870. The highest BCUT2D eigenvalue weighted by atomic mass is 16.2. The summed E-state index contributed by atoms with van der Waals surface area (Å²) in [5, 5.41) is 14.9. The van der Waals surface area contributed by atoms with Gasteiger partial charge >= 0.3 is 0 Å². The van der Waals surface area contributed by atoms with E-state index in [1.807, 2.05) is 6.08 Å². The van der Waals surface area contributed by atoms with Crippen LogP contribution < -0.4 is 10.6 Å². The lowest BCUT2D eigenvalue weighted by atomic mass is 10.1. The minimum atomic E-state index is 0.105. The lowest BCUT2D eigenvalue weighted by Crippen LogP contribution is -2.31. The van der Waals surface area contributed by atoms with Gasteiger partial charge in [0.05, 0.1) is 0 Å². The molecule has 0 aromatic carbocycles. The van der Waals surface area contributed by atoms with Crippen LogP contribution in [-0.2, 0) is 4.79 Å². The van der Waals surface area contributed by atoms with Crippen molar-refractivity contribution >= 4 is 5.91 Å². The van der Waals surface area contributed by atoms with Crippen molar-refractivity contribution < 1.29 is 9.90 Å². The first-order valence-electron chi connectivity index (χ1n) is 8.54. The first-order valence-corrected chi connectivity index (χ1v) is 8.54. The van der Waals surface area contributed by atoms with Gasteiger partial charge in [-0.25, -0.2) is 0 Å². The zero-order valence-electron chi connectivity index (χ0n) is 13.7. The Morgan fingerprint density at radius 2 is 1.67 bits per heavy atom. The molecule has 0 saturated carbocycles. The molecule has 0 radical (unpaired) electrons. The maximum atomic E-state index is 11.5. The first kappa shape index (κ1) is 20.1. The maximum Gasteiger partial charge on any atom is 0.223 e. The van der Waals surface area contributed by atoms with Crippen molar-refractivity contribution in [3.8, 4) is 0 Å². The SMILES string of the molecule is CCC/C=C/CC(=O)NCCNCCCCCCCCO. The largest absolute Gasteiger partial charge is 0.396 e. The summed E-state index contributed by atoms with van der Waals surface area (Å²) in [6, 6.07) is 0. The van der Waals surface area contributed by atoms with Crippen LogP contribution in [0.4, 0.5) is 0 Å². The van der Waals surface area contributed by atoms with E-state index in [1.165, 1.54) is 25.7 Å². The molecule has 124 valence electrons. The van der Waals surface area contributed by atoms with Gasteiger partial charge in [-0.05, 0) is 25.8 Å². The van der Waals surface area contributed by atoms with Crippen LogP contribution in [0.25, 0.3) is 0 Å². The van der Waals surface area contributed by atoms with Crippen molar-refractivity contribution in [2.75, 3.05) is 26.2 Å². The zero-order chi connectivity index (χ0) is 15.6. The summed E-state index contributed by atoms with van der Waals surface area (Å²) in [7, 11) is 0. The van der Waals surface area contributed by atoms with Gasteiger partial charge in [0, 0.05) is 26.1 Å². The van der Waals surface area contributed by atoms with Crippen LogP contribution in [0.3, 0.4) is 0 Å². The third kappa shape index (κ3) is 17.1. The van der Waals surface area contributed by atoms with Crippen molar-refractivity contribution in [1.29, 1.82) is 0 Å². The molecule has 0 aliphatic heterocycles. The third-order valence-corrected chi connectivity index (χ3v) is 3.31. The number of aliphatic hydroxyl groups excluding tert-OH is 1. The van der Waals surface area contributed by atoms with Gasteiger partial charge in [-0.1, -0.05) is 51.2 Å². The number of unbranched alkanes of at least 4 members (excludes halogenated alkanes) is 6. The third-order valence-electron chi connectivity index (χ3n) is 3.31.